The molecule has 23 heavy (non-hydrogen) atoms. The predicted octanol–water partition coefficient (Wildman–Crippen LogP) is 3.50. The van der Waals surface area contributed by atoms with Crippen LogP contribution in [0.25, 0.3) is 0 Å². The van der Waals surface area contributed by atoms with E-state index in [1.807, 2.05) is 20.8 Å². The maximum absolute atomic E-state index is 12.4. The van der Waals surface area contributed by atoms with E-state index < -0.39 is 5.97 Å². The van der Waals surface area contributed by atoms with Crippen LogP contribution in [0.5, 0.6) is 11.5 Å². The van der Waals surface area contributed by atoms with Gasteiger partial charge in [-0.25, -0.2) is 4.79 Å². The minimum absolute atomic E-state index is 0.199. The van der Waals surface area contributed by atoms with Crippen LogP contribution in [0.2, 0.25) is 0 Å². The number of carboxylic acids is 1. The Morgan fingerprint density at radius 2 is 1.52 bits per heavy atom. The molecule has 0 radical (unpaired) electrons. The van der Waals surface area contributed by atoms with Crippen LogP contribution in [0, 0.1) is 0 Å². The van der Waals surface area contributed by atoms with Crippen molar-refractivity contribution in [2.24, 2.45) is 0 Å². The number of phenols is 1. The first-order chi connectivity index (χ1) is 10.7. The summed E-state index contributed by atoms with van der Waals surface area (Å²) >= 11 is 0. The molecule has 0 amide bonds. The number of carbonyl (C=O) groups excluding carboxylic acids is 1. The molecule has 0 unspecified atom stereocenters. The Hall–Kier alpha value is -2.82. The summed E-state index contributed by atoms with van der Waals surface area (Å²) in [5, 5.41) is 18.5. The van der Waals surface area contributed by atoms with Gasteiger partial charge in [-0.05, 0) is 63.2 Å². The molecule has 2 aromatic carbocycles. The second-order valence-electron chi connectivity index (χ2n) is 6.11. The summed E-state index contributed by atoms with van der Waals surface area (Å²) in [5.41, 5.74) is -0.0275. The van der Waals surface area contributed by atoms with Gasteiger partial charge in [0.05, 0.1) is 0 Å². The number of benzene rings is 2. The maximum atomic E-state index is 12.4. The van der Waals surface area contributed by atoms with E-state index in [2.05, 4.69) is 0 Å². The van der Waals surface area contributed by atoms with Gasteiger partial charge < -0.3 is 14.9 Å². The molecule has 0 aliphatic rings. The number of aromatic hydroxyl groups is 1. The van der Waals surface area contributed by atoms with Crippen LogP contribution in [0.4, 0.5) is 0 Å². The largest absolute Gasteiger partial charge is 0.507 e. The molecule has 5 heteroatoms. The molecular formula is C18H18O5. The first-order valence-electron chi connectivity index (χ1n) is 7.07. The summed E-state index contributed by atoms with van der Waals surface area (Å²) in [6.07, 6.45) is 0. The van der Waals surface area contributed by atoms with Gasteiger partial charge in [0.25, 0.3) is 0 Å². The Balaban J connectivity index is 2.27. The van der Waals surface area contributed by atoms with Crippen molar-refractivity contribution in [1.29, 1.82) is 0 Å². The summed E-state index contributed by atoms with van der Waals surface area (Å²) in [7, 11) is 0. The van der Waals surface area contributed by atoms with Crippen molar-refractivity contribution in [2.45, 2.75) is 26.4 Å². The third-order valence-electron chi connectivity index (χ3n) is 3.03. The molecule has 0 bridgehead atoms. The number of ether oxygens (including phenoxy) is 1. The zero-order valence-corrected chi connectivity index (χ0v) is 13.2. The van der Waals surface area contributed by atoms with Gasteiger partial charge in [0.1, 0.15) is 22.7 Å². The highest BCUT2D eigenvalue weighted by molar-refractivity contribution is 6.10. The summed E-state index contributed by atoms with van der Waals surface area (Å²) in [4.78, 5) is 23.4. The van der Waals surface area contributed by atoms with Crippen molar-refractivity contribution in [2.75, 3.05) is 0 Å². The molecule has 0 aliphatic carbocycles. The summed E-state index contributed by atoms with van der Waals surface area (Å²) in [6.45, 7) is 5.78. The van der Waals surface area contributed by atoms with Gasteiger partial charge in [0.2, 0.25) is 0 Å². The van der Waals surface area contributed by atoms with E-state index in [-0.39, 0.29) is 28.3 Å². The highest BCUT2D eigenvalue weighted by atomic mass is 16.5. The predicted molar refractivity (Wildman–Crippen MR) is 85.3 cm³/mol. The van der Waals surface area contributed by atoms with Crippen molar-refractivity contribution < 1.29 is 24.5 Å². The van der Waals surface area contributed by atoms with Crippen molar-refractivity contribution >= 4 is 11.8 Å². The van der Waals surface area contributed by atoms with E-state index in [1.165, 1.54) is 18.2 Å². The lowest BCUT2D eigenvalue weighted by Crippen LogP contribution is -2.22. The normalized spacial score (nSPS) is 11.1. The quantitative estimate of drug-likeness (QED) is 0.844. The molecule has 2 aromatic rings. The molecule has 5 nitrogen and oxygen atoms in total. The SMILES string of the molecule is CC(C)(C)Oc1ccc(C(=O)c2ccc(O)c(C(=O)O)c2)cc1. The van der Waals surface area contributed by atoms with E-state index in [4.69, 9.17) is 9.84 Å². The van der Waals surface area contributed by atoms with Gasteiger partial charge in [-0.3, -0.25) is 4.79 Å². The molecule has 0 saturated carbocycles. The zero-order valence-electron chi connectivity index (χ0n) is 13.2. The second kappa shape index (κ2) is 6.12. The highest BCUT2D eigenvalue weighted by Crippen LogP contribution is 2.23. The molecule has 0 heterocycles. The third kappa shape index (κ3) is 4.10. The van der Waals surface area contributed by atoms with E-state index >= 15 is 0 Å². The number of rotatable bonds is 4. The summed E-state index contributed by atoms with van der Waals surface area (Å²) in [5.74, 6) is -1.34. The minimum atomic E-state index is -1.29. The van der Waals surface area contributed by atoms with Gasteiger partial charge in [0.15, 0.2) is 5.78 Å². The summed E-state index contributed by atoms with van der Waals surface area (Å²) in [6, 6.07) is 10.4. The zero-order chi connectivity index (χ0) is 17.2. The molecule has 0 atom stereocenters. The van der Waals surface area contributed by atoms with Crippen molar-refractivity contribution in [1.82, 2.24) is 0 Å². The maximum Gasteiger partial charge on any atom is 0.339 e. The van der Waals surface area contributed by atoms with E-state index in [9.17, 15) is 14.7 Å². The molecule has 0 aliphatic heterocycles. The molecular weight excluding hydrogens is 296 g/mol. The Morgan fingerprint density at radius 3 is 2.04 bits per heavy atom. The first-order valence-corrected chi connectivity index (χ1v) is 7.07. The van der Waals surface area contributed by atoms with Crippen LogP contribution in [0.1, 0.15) is 47.1 Å². The Kier molecular flexibility index (Phi) is 4.40. The topological polar surface area (TPSA) is 83.8 Å². The van der Waals surface area contributed by atoms with Crippen molar-refractivity contribution in [3.05, 3.63) is 59.2 Å². The standard InChI is InChI=1S/C18H18O5/c1-18(2,3)23-13-7-4-11(5-8-13)16(20)12-6-9-15(19)14(10-12)17(21)22/h4-10,19H,1-3H3,(H,21,22). The lowest BCUT2D eigenvalue weighted by atomic mass is 10.0. The Morgan fingerprint density at radius 1 is 0.957 bits per heavy atom. The molecule has 0 saturated heterocycles. The minimum Gasteiger partial charge on any atom is -0.507 e. The van der Waals surface area contributed by atoms with Crippen LogP contribution in [-0.4, -0.2) is 27.6 Å². The lowest BCUT2D eigenvalue weighted by Gasteiger charge is -2.21. The van der Waals surface area contributed by atoms with E-state index in [1.54, 1.807) is 24.3 Å². The molecule has 2 rings (SSSR count). The van der Waals surface area contributed by atoms with Crippen LogP contribution < -0.4 is 4.74 Å². The fourth-order valence-corrected chi connectivity index (χ4v) is 2.04. The van der Waals surface area contributed by atoms with Gasteiger partial charge >= 0.3 is 5.97 Å². The van der Waals surface area contributed by atoms with Crippen molar-refractivity contribution in [3.63, 3.8) is 0 Å². The number of carboxylic acid groups (broad SMARTS) is 1. The second-order valence-corrected chi connectivity index (χ2v) is 6.11. The lowest BCUT2D eigenvalue weighted by molar-refractivity contribution is 0.0693. The molecule has 0 aromatic heterocycles. The smallest absolute Gasteiger partial charge is 0.339 e. The highest BCUT2D eigenvalue weighted by Gasteiger charge is 2.16. The Labute approximate surface area is 134 Å². The number of hydrogen-bond acceptors (Lipinski definition) is 4. The number of carbonyl (C=O) groups is 2. The molecule has 2 N–H and O–H groups in total. The first kappa shape index (κ1) is 16.5. The van der Waals surface area contributed by atoms with Crippen LogP contribution >= 0.6 is 0 Å². The molecule has 0 spiro atoms. The van der Waals surface area contributed by atoms with E-state index in [0.717, 1.165) is 0 Å². The average Bonchev–Trinajstić information content (AvgIpc) is 2.46. The Bertz CT molecular complexity index is 739. The van der Waals surface area contributed by atoms with Crippen LogP contribution in [0.15, 0.2) is 42.5 Å². The van der Waals surface area contributed by atoms with Gasteiger partial charge in [-0.2, -0.15) is 0 Å². The number of aromatic carboxylic acids is 1. The number of hydrogen-bond donors (Lipinski definition) is 2. The average molecular weight is 314 g/mol. The van der Waals surface area contributed by atoms with Gasteiger partial charge in [-0.15, -0.1) is 0 Å². The van der Waals surface area contributed by atoms with E-state index in [0.29, 0.717) is 11.3 Å². The molecule has 0 fully saturated rings. The van der Waals surface area contributed by atoms with Crippen molar-refractivity contribution in [3.8, 4) is 11.5 Å². The fraction of sp³-hybridized carbons (Fsp3) is 0.222. The van der Waals surface area contributed by atoms with Crippen LogP contribution in [-0.2, 0) is 0 Å². The fourth-order valence-electron chi connectivity index (χ4n) is 2.04. The van der Waals surface area contributed by atoms with Crippen LogP contribution in [0.3, 0.4) is 0 Å². The number of ketones is 1. The monoisotopic (exact) mass is 314 g/mol. The summed E-state index contributed by atoms with van der Waals surface area (Å²) < 4.78 is 5.69. The van der Waals surface area contributed by atoms with Gasteiger partial charge in [-0.1, -0.05) is 0 Å². The van der Waals surface area contributed by atoms with Gasteiger partial charge in [0, 0.05) is 11.1 Å². The third-order valence-corrected chi connectivity index (χ3v) is 3.03. The molecule has 120 valence electrons.